The molecule has 70 valence electrons. The largest absolute Gasteiger partial charge is 0.388 e. The van der Waals surface area contributed by atoms with Crippen LogP contribution in [0.4, 0.5) is 0 Å². The fraction of sp³-hybridized carbons (Fsp3) is 0.875. The molecular formula is C8H16N2O2. The highest BCUT2D eigenvalue weighted by Gasteiger charge is 2.13. The van der Waals surface area contributed by atoms with Crippen LogP contribution in [0.15, 0.2) is 0 Å². The summed E-state index contributed by atoms with van der Waals surface area (Å²) in [7, 11) is 0. The van der Waals surface area contributed by atoms with Crippen LogP contribution in [0.1, 0.15) is 19.3 Å². The van der Waals surface area contributed by atoms with E-state index in [2.05, 4.69) is 0 Å². The summed E-state index contributed by atoms with van der Waals surface area (Å²) in [5.74, 6) is 0.196. The van der Waals surface area contributed by atoms with Crippen molar-refractivity contribution in [2.75, 3.05) is 19.8 Å². The maximum Gasteiger partial charge on any atom is 0.0928 e. The van der Waals surface area contributed by atoms with E-state index in [9.17, 15) is 0 Å². The molecule has 0 amide bonds. The second kappa shape index (κ2) is 5.11. The number of ether oxygens (including phenoxy) is 2. The van der Waals surface area contributed by atoms with E-state index in [1.165, 1.54) is 0 Å². The maximum absolute atomic E-state index is 6.98. The van der Waals surface area contributed by atoms with Crippen LogP contribution in [-0.4, -0.2) is 31.8 Å². The van der Waals surface area contributed by atoms with Gasteiger partial charge in [-0.2, -0.15) is 0 Å². The van der Waals surface area contributed by atoms with E-state index >= 15 is 0 Å². The van der Waals surface area contributed by atoms with Crippen molar-refractivity contribution in [3.8, 4) is 0 Å². The standard InChI is InChI=1S/C8H16N2O2/c9-8(10)3-6-12-7-1-4-11-5-2-7/h7H,1-6H2,(H3,9,10). The molecule has 0 unspecified atom stereocenters. The van der Waals surface area contributed by atoms with Gasteiger partial charge in [-0.05, 0) is 12.8 Å². The molecule has 1 heterocycles. The molecule has 0 aliphatic carbocycles. The van der Waals surface area contributed by atoms with Gasteiger partial charge in [0, 0.05) is 19.6 Å². The number of hydrogen-bond acceptors (Lipinski definition) is 3. The highest BCUT2D eigenvalue weighted by molar-refractivity contribution is 5.76. The Morgan fingerprint density at radius 2 is 2.17 bits per heavy atom. The van der Waals surface area contributed by atoms with Crippen molar-refractivity contribution in [3.63, 3.8) is 0 Å². The van der Waals surface area contributed by atoms with Crippen molar-refractivity contribution in [1.82, 2.24) is 0 Å². The summed E-state index contributed by atoms with van der Waals surface area (Å²) in [4.78, 5) is 0. The second-order valence-corrected chi connectivity index (χ2v) is 2.96. The van der Waals surface area contributed by atoms with Gasteiger partial charge < -0.3 is 15.2 Å². The zero-order chi connectivity index (χ0) is 8.81. The third-order valence-corrected chi connectivity index (χ3v) is 1.89. The Kier molecular flexibility index (Phi) is 4.04. The minimum Gasteiger partial charge on any atom is -0.388 e. The molecule has 1 fully saturated rings. The molecule has 1 rings (SSSR count). The van der Waals surface area contributed by atoms with Gasteiger partial charge in [0.2, 0.25) is 0 Å². The van der Waals surface area contributed by atoms with Gasteiger partial charge in [-0.15, -0.1) is 0 Å². The highest BCUT2D eigenvalue weighted by atomic mass is 16.5. The third kappa shape index (κ3) is 3.69. The average Bonchev–Trinajstić information content (AvgIpc) is 2.05. The van der Waals surface area contributed by atoms with Crippen LogP contribution in [0.5, 0.6) is 0 Å². The summed E-state index contributed by atoms with van der Waals surface area (Å²) in [5, 5.41) is 6.98. The van der Waals surface area contributed by atoms with E-state index in [1.807, 2.05) is 0 Å². The molecule has 0 aromatic rings. The van der Waals surface area contributed by atoms with Crippen LogP contribution in [0.2, 0.25) is 0 Å². The van der Waals surface area contributed by atoms with E-state index in [1.54, 1.807) is 0 Å². The smallest absolute Gasteiger partial charge is 0.0928 e. The molecule has 0 saturated carbocycles. The highest BCUT2D eigenvalue weighted by Crippen LogP contribution is 2.10. The molecule has 0 spiro atoms. The van der Waals surface area contributed by atoms with Crippen LogP contribution < -0.4 is 5.73 Å². The molecular weight excluding hydrogens is 156 g/mol. The van der Waals surface area contributed by atoms with E-state index in [4.69, 9.17) is 20.6 Å². The Balaban J connectivity index is 2.01. The number of nitrogens with two attached hydrogens (primary N) is 1. The lowest BCUT2D eigenvalue weighted by Gasteiger charge is -2.22. The summed E-state index contributed by atoms with van der Waals surface area (Å²) < 4.78 is 10.7. The number of nitrogens with one attached hydrogen (secondary N) is 1. The van der Waals surface area contributed by atoms with Gasteiger partial charge in [-0.3, -0.25) is 5.41 Å². The maximum atomic E-state index is 6.98. The van der Waals surface area contributed by atoms with Gasteiger partial charge >= 0.3 is 0 Å². The van der Waals surface area contributed by atoms with Gasteiger partial charge in [-0.25, -0.2) is 0 Å². The van der Waals surface area contributed by atoms with Crippen molar-refractivity contribution >= 4 is 5.84 Å². The summed E-state index contributed by atoms with van der Waals surface area (Å²) in [6, 6.07) is 0. The van der Waals surface area contributed by atoms with Crippen molar-refractivity contribution in [1.29, 1.82) is 5.41 Å². The zero-order valence-corrected chi connectivity index (χ0v) is 7.21. The van der Waals surface area contributed by atoms with E-state index in [0.29, 0.717) is 19.1 Å². The summed E-state index contributed by atoms with van der Waals surface area (Å²) in [5.41, 5.74) is 5.19. The Morgan fingerprint density at radius 1 is 1.50 bits per heavy atom. The molecule has 3 N–H and O–H groups in total. The second-order valence-electron chi connectivity index (χ2n) is 2.96. The van der Waals surface area contributed by atoms with E-state index in [0.717, 1.165) is 26.1 Å². The first-order valence-corrected chi connectivity index (χ1v) is 4.31. The number of hydrogen-bond donors (Lipinski definition) is 2. The van der Waals surface area contributed by atoms with Gasteiger partial charge in [0.05, 0.1) is 18.5 Å². The van der Waals surface area contributed by atoms with Crippen molar-refractivity contribution in [2.45, 2.75) is 25.4 Å². The molecule has 0 aromatic heterocycles. The molecule has 0 radical (unpaired) electrons. The van der Waals surface area contributed by atoms with Crippen LogP contribution in [0, 0.1) is 5.41 Å². The quantitative estimate of drug-likeness (QED) is 0.479. The first-order chi connectivity index (χ1) is 5.79. The Labute approximate surface area is 72.5 Å². The summed E-state index contributed by atoms with van der Waals surface area (Å²) in [6.45, 7) is 2.16. The number of amidine groups is 1. The van der Waals surface area contributed by atoms with Crippen LogP contribution in [0.3, 0.4) is 0 Å². The van der Waals surface area contributed by atoms with E-state index < -0.39 is 0 Å². The summed E-state index contributed by atoms with van der Waals surface area (Å²) in [6.07, 6.45) is 2.80. The minimum absolute atomic E-state index is 0.196. The topological polar surface area (TPSA) is 68.3 Å². The van der Waals surface area contributed by atoms with E-state index in [-0.39, 0.29) is 5.84 Å². The van der Waals surface area contributed by atoms with Crippen molar-refractivity contribution in [3.05, 3.63) is 0 Å². The van der Waals surface area contributed by atoms with Crippen LogP contribution >= 0.6 is 0 Å². The Bertz CT molecular complexity index is 144. The van der Waals surface area contributed by atoms with Gasteiger partial charge in [0.1, 0.15) is 0 Å². The fourth-order valence-corrected chi connectivity index (χ4v) is 1.18. The van der Waals surface area contributed by atoms with Gasteiger partial charge in [0.15, 0.2) is 0 Å². The molecule has 1 aliphatic rings. The van der Waals surface area contributed by atoms with Crippen molar-refractivity contribution in [2.24, 2.45) is 5.73 Å². The van der Waals surface area contributed by atoms with Gasteiger partial charge in [0.25, 0.3) is 0 Å². The Morgan fingerprint density at radius 3 is 2.75 bits per heavy atom. The lowest BCUT2D eigenvalue weighted by molar-refractivity contribution is -0.0295. The molecule has 0 aromatic carbocycles. The average molecular weight is 172 g/mol. The minimum atomic E-state index is 0.196. The SMILES string of the molecule is N=C(N)CCOC1CCOCC1. The normalized spacial score (nSPS) is 19.3. The van der Waals surface area contributed by atoms with Crippen LogP contribution in [0.25, 0.3) is 0 Å². The molecule has 1 aliphatic heterocycles. The molecule has 4 heteroatoms. The molecule has 1 saturated heterocycles. The number of rotatable bonds is 4. The summed E-state index contributed by atoms with van der Waals surface area (Å²) >= 11 is 0. The fourth-order valence-electron chi connectivity index (χ4n) is 1.18. The lowest BCUT2D eigenvalue weighted by atomic mass is 10.1. The predicted octanol–water partition coefficient (Wildman–Crippen LogP) is 0.508. The molecule has 0 atom stereocenters. The predicted molar refractivity (Wildman–Crippen MR) is 46.3 cm³/mol. The Hall–Kier alpha value is -0.610. The van der Waals surface area contributed by atoms with Crippen molar-refractivity contribution < 1.29 is 9.47 Å². The van der Waals surface area contributed by atoms with Crippen LogP contribution in [-0.2, 0) is 9.47 Å². The monoisotopic (exact) mass is 172 g/mol. The molecule has 12 heavy (non-hydrogen) atoms. The molecule has 0 bridgehead atoms. The lowest BCUT2D eigenvalue weighted by Crippen LogP contribution is -2.25. The third-order valence-electron chi connectivity index (χ3n) is 1.89. The van der Waals surface area contributed by atoms with Gasteiger partial charge in [-0.1, -0.05) is 0 Å². The molecule has 4 nitrogen and oxygen atoms in total. The first-order valence-electron chi connectivity index (χ1n) is 4.31. The zero-order valence-electron chi connectivity index (χ0n) is 7.21. The first kappa shape index (κ1) is 9.48.